The van der Waals surface area contributed by atoms with E-state index in [1.54, 1.807) is 13.0 Å². The Balaban J connectivity index is 1.35. The minimum atomic E-state index is -1.16. The number of nitrogens with one attached hydrogen (secondary N) is 2. The van der Waals surface area contributed by atoms with Crippen molar-refractivity contribution in [2.45, 2.75) is 18.9 Å². The number of hydrogen-bond donors (Lipinski definition) is 3. The zero-order valence-corrected chi connectivity index (χ0v) is 19.4. The zero-order chi connectivity index (χ0) is 24.9. The Morgan fingerprint density at radius 1 is 0.971 bits per heavy atom. The quantitative estimate of drug-likeness (QED) is 0.451. The summed E-state index contributed by atoms with van der Waals surface area (Å²) in [5.41, 5.74) is 5.33. The van der Waals surface area contributed by atoms with Crippen molar-refractivity contribution in [1.82, 2.24) is 5.32 Å². The highest BCUT2D eigenvalue weighted by molar-refractivity contribution is 6.02. The van der Waals surface area contributed by atoms with E-state index in [1.807, 2.05) is 36.4 Å². The van der Waals surface area contributed by atoms with Gasteiger partial charge in [0.15, 0.2) is 6.10 Å². The van der Waals surface area contributed by atoms with Gasteiger partial charge in [-0.05, 0) is 41.3 Å². The number of aryl methyl sites for hydroxylation is 1. The van der Waals surface area contributed by atoms with Crippen LogP contribution in [0.15, 0.2) is 66.7 Å². The molecule has 180 valence electrons. The van der Waals surface area contributed by atoms with Crippen molar-refractivity contribution in [3.8, 4) is 11.1 Å². The number of fused-ring (bicyclic) bond motifs is 3. The molecule has 1 atom stereocenters. The molecule has 0 saturated heterocycles. The van der Waals surface area contributed by atoms with E-state index in [0.717, 1.165) is 27.8 Å². The first-order valence-corrected chi connectivity index (χ1v) is 11.2. The Bertz CT molecular complexity index is 1230. The van der Waals surface area contributed by atoms with E-state index in [2.05, 4.69) is 22.8 Å². The van der Waals surface area contributed by atoms with Crippen LogP contribution < -0.4 is 10.6 Å². The molecule has 0 bridgehead atoms. The number of alkyl carbamates (subject to hydrolysis) is 1. The second-order valence-corrected chi connectivity index (χ2v) is 8.27. The summed E-state index contributed by atoms with van der Waals surface area (Å²) < 4.78 is 10.7. The second-order valence-electron chi connectivity index (χ2n) is 8.27. The standard InChI is InChI=1S/C27H26N2O6/c1-16-11-12-23(21(13-16)26(31)32)29-25(30)24(34-2)14-28-27(33)35-15-22-19-9-5-3-7-17(19)18-8-4-6-10-20(18)22/h3-13,22,24H,14-15H2,1-2H3,(H,28,33)(H,29,30)(H,31,32). The number of benzene rings is 3. The van der Waals surface area contributed by atoms with Crippen LogP contribution in [0, 0.1) is 6.92 Å². The summed E-state index contributed by atoms with van der Waals surface area (Å²) in [4.78, 5) is 36.5. The van der Waals surface area contributed by atoms with Gasteiger partial charge in [-0.15, -0.1) is 0 Å². The van der Waals surface area contributed by atoms with Crippen LogP contribution >= 0.6 is 0 Å². The molecule has 0 aliphatic heterocycles. The third-order valence-electron chi connectivity index (χ3n) is 6.02. The van der Waals surface area contributed by atoms with Crippen LogP contribution in [0.1, 0.15) is 33.0 Å². The lowest BCUT2D eigenvalue weighted by molar-refractivity contribution is -0.125. The van der Waals surface area contributed by atoms with Crippen LogP contribution in [0.5, 0.6) is 0 Å². The molecule has 3 aromatic carbocycles. The molecule has 0 saturated carbocycles. The minimum Gasteiger partial charge on any atom is -0.478 e. The smallest absolute Gasteiger partial charge is 0.407 e. The second kappa shape index (κ2) is 10.4. The van der Waals surface area contributed by atoms with Gasteiger partial charge in [0.1, 0.15) is 6.61 Å². The SMILES string of the molecule is COC(CNC(=O)OCC1c2ccccc2-c2ccccc21)C(=O)Nc1ccc(C)cc1C(=O)O. The Morgan fingerprint density at radius 3 is 2.20 bits per heavy atom. The number of carboxylic acids is 1. The highest BCUT2D eigenvalue weighted by atomic mass is 16.5. The summed E-state index contributed by atoms with van der Waals surface area (Å²) in [7, 11) is 1.33. The molecule has 1 aliphatic rings. The monoisotopic (exact) mass is 474 g/mol. The fourth-order valence-electron chi connectivity index (χ4n) is 4.27. The minimum absolute atomic E-state index is 0.0299. The molecular weight excluding hydrogens is 448 g/mol. The maximum absolute atomic E-state index is 12.6. The van der Waals surface area contributed by atoms with Gasteiger partial charge in [-0.3, -0.25) is 4.79 Å². The number of rotatable bonds is 8. The number of anilines is 1. The number of carbonyl (C=O) groups excluding carboxylic acids is 2. The summed E-state index contributed by atoms with van der Waals surface area (Å²) in [6, 6.07) is 20.7. The fourth-order valence-corrected chi connectivity index (χ4v) is 4.27. The summed E-state index contributed by atoms with van der Waals surface area (Å²) in [6.07, 6.45) is -1.72. The first-order chi connectivity index (χ1) is 16.9. The van der Waals surface area contributed by atoms with Crippen LogP contribution in [0.25, 0.3) is 11.1 Å². The Hall–Kier alpha value is -4.17. The summed E-state index contributed by atoms with van der Waals surface area (Å²) in [5.74, 6) is -1.82. The molecule has 4 rings (SSSR count). The van der Waals surface area contributed by atoms with Crippen LogP contribution in [0.4, 0.5) is 10.5 Å². The molecule has 0 aromatic heterocycles. The molecule has 1 unspecified atom stereocenters. The first-order valence-electron chi connectivity index (χ1n) is 11.2. The number of aromatic carboxylic acids is 1. The van der Waals surface area contributed by atoms with Crippen molar-refractivity contribution in [2.75, 3.05) is 25.6 Å². The molecule has 0 radical (unpaired) electrons. The summed E-state index contributed by atoms with van der Waals surface area (Å²) in [5, 5.41) is 14.5. The third-order valence-corrected chi connectivity index (χ3v) is 6.02. The van der Waals surface area contributed by atoms with Gasteiger partial charge in [0.25, 0.3) is 5.91 Å². The molecule has 1 aliphatic carbocycles. The van der Waals surface area contributed by atoms with Gasteiger partial charge in [0.2, 0.25) is 0 Å². The first kappa shape index (κ1) is 24.0. The van der Waals surface area contributed by atoms with Crippen molar-refractivity contribution in [1.29, 1.82) is 0 Å². The number of methoxy groups -OCH3 is 1. The maximum atomic E-state index is 12.6. The van der Waals surface area contributed by atoms with E-state index in [0.29, 0.717) is 0 Å². The maximum Gasteiger partial charge on any atom is 0.407 e. The molecule has 8 heteroatoms. The molecule has 0 fully saturated rings. The highest BCUT2D eigenvalue weighted by Crippen LogP contribution is 2.44. The van der Waals surface area contributed by atoms with Crippen LogP contribution in [-0.2, 0) is 14.3 Å². The van der Waals surface area contributed by atoms with E-state index < -0.39 is 24.1 Å². The Kier molecular flexibility index (Phi) is 7.12. The number of hydrogen-bond acceptors (Lipinski definition) is 5. The largest absolute Gasteiger partial charge is 0.478 e. The third kappa shape index (κ3) is 5.17. The van der Waals surface area contributed by atoms with E-state index in [9.17, 15) is 19.5 Å². The molecular formula is C27H26N2O6. The average Bonchev–Trinajstić information content (AvgIpc) is 3.18. The van der Waals surface area contributed by atoms with Gasteiger partial charge in [0, 0.05) is 13.0 Å². The van der Waals surface area contributed by atoms with Gasteiger partial charge in [0.05, 0.1) is 17.8 Å². The van der Waals surface area contributed by atoms with Crippen molar-refractivity contribution < 1.29 is 29.0 Å². The molecule has 3 aromatic rings. The number of ether oxygens (including phenoxy) is 2. The van der Waals surface area contributed by atoms with E-state index >= 15 is 0 Å². The van der Waals surface area contributed by atoms with Crippen molar-refractivity contribution in [3.63, 3.8) is 0 Å². The Morgan fingerprint density at radius 2 is 1.60 bits per heavy atom. The van der Waals surface area contributed by atoms with E-state index in [4.69, 9.17) is 9.47 Å². The van der Waals surface area contributed by atoms with Gasteiger partial charge < -0.3 is 25.2 Å². The normalized spacial score (nSPS) is 12.9. The average molecular weight is 475 g/mol. The summed E-state index contributed by atoms with van der Waals surface area (Å²) >= 11 is 0. The molecule has 8 nitrogen and oxygen atoms in total. The lowest BCUT2D eigenvalue weighted by Gasteiger charge is -2.18. The van der Waals surface area contributed by atoms with E-state index in [-0.39, 0.29) is 30.3 Å². The lowest BCUT2D eigenvalue weighted by Crippen LogP contribution is -2.41. The molecule has 35 heavy (non-hydrogen) atoms. The van der Waals surface area contributed by atoms with E-state index in [1.165, 1.54) is 19.2 Å². The molecule has 2 amide bonds. The molecule has 0 heterocycles. The number of carbonyl (C=O) groups is 3. The number of carboxylic acid groups (broad SMARTS) is 1. The number of amides is 2. The van der Waals surface area contributed by atoms with Crippen molar-refractivity contribution in [2.24, 2.45) is 0 Å². The van der Waals surface area contributed by atoms with Crippen LogP contribution in [0.3, 0.4) is 0 Å². The van der Waals surface area contributed by atoms with Gasteiger partial charge >= 0.3 is 12.1 Å². The lowest BCUT2D eigenvalue weighted by atomic mass is 9.98. The van der Waals surface area contributed by atoms with Crippen LogP contribution in [0.2, 0.25) is 0 Å². The van der Waals surface area contributed by atoms with Crippen molar-refractivity contribution >= 4 is 23.7 Å². The summed E-state index contributed by atoms with van der Waals surface area (Å²) in [6.45, 7) is 1.76. The Labute approximate surface area is 202 Å². The predicted octanol–water partition coefficient (Wildman–Crippen LogP) is 4.19. The van der Waals surface area contributed by atoms with Crippen molar-refractivity contribution in [3.05, 3.63) is 89.0 Å². The molecule has 3 N–H and O–H groups in total. The fraction of sp³-hybridized carbons (Fsp3) is 0.222. The molecule has 0 spiro atoms. The van der Waals surface area contributed by atoms with Crippen LogP contribution in [-0.4, -0.2) is 49.4 Å². The highest BCUT2D eigenvalue weighted by Gasteiger charge is 2.29. The predicted molar refractivity (Wildman–Crippen MR) is 131 cm³/mol. The topological polar surface area (TPSA) is 114 Å². The van der Waals surface area contributed by atoms with Gasteiger partial charge in [-0.1, -0.05) is 60.2 Å². The van der Waals surface area contributed by atoms with Gasteiger partial charge in [-0.2, -0.15) is 0 Å². The zero-order valence-electron chi connectivity index (χ0n) is 19.4. The van der Waals surface area contributed by atoms with Gasteiger partial charge in [-0.25, -0.2) is 9.59 Å².